The van der Waals surface area contributed by atoms with Gasteiger partial charge in [-0.25, -0.2) is 0 Å². The Morgan fingerprint density at radius 2 is 1.74 bits per heavy atom. The molecule has 0 atom stereocenters. The lowest BCUT2D eigenvalue weighted by atomic mass is 10.1. The molecule has 3 aromatic rings. The number of aromatic nitrogens is 2. The van der Waals surface area contributed by atoms with Gasteiger partial charge in [-0.3, -0.25) is 4.79 Å². The van der Waals surface area contributed by atoms with Crippen LogP contribution in [0.4, 0.5) is 19.0 Å². The molecule has 1 N–H and O–H groups in total. The Kier molecular flexibility index (Phi) is 5.75. The molecule has 8 heteroatoms. The van der Waals surface area contributed by atoms with Gasteiger partial charge in [0.2, 0.25) is 0 Å². The number of carbonyl (C=O) groups is 1. The number of nitrogens with zero attached hydrogens (tertiary/aromatic N) is 2. The van der Waals surface area contributed by atoms with Crippen molar-refractivity contribution in [2.45, 2.75) is 17.0 Å². The summed E-state index contributed by atoms with van der Waals surface area (Å²) in [6.45, 7) is 0. The zero-order chi connectivity index (χ0) is 19.3. The summed E-state index contributed by atoms with van der Waals surface area (Å²) in [5.74, 6) is 0.329. The van der Waals surface area contributed by atoms with Gasteiger partial charge in [-0.15, -0.1) is 10.2 Å². The van der Waals surface area contributed by atoms with Gasteiger partial charge in [-0.1, -0.05) is 48.2 Å². The largest absolute Gasteiger partial charge is 0.416 e. The van der Waals surface area contributed by atoms with Crippen LogP contribution in [0, 0.1) is 0 Å². The second-order valence-electron chi connectivity index (χ2n) is 5.56. The van der Waals surface area contributed by atoms with Crippen molar-refractivity contribution in [2.24, 2.45) is 0 Å². The summed E-state index contributed by atoms with van der Waals surface area (Å²) in [5, 5.41) is 11.1. The first kappa shape index (κ1) is 18.9. The van der Waals surface area contributed by atoms with Crippen molar-refractivity contribution in [3.8, 4) is 0 Å². The van der Waals surface area contributed by atoms with Crippen LogP contribution in [0.2, 0.25) is 0 Å². The van der Waals surface area contributed by atoms with Crippen LogP contribution in [0.25, 0.3) is 0 Å². The minimum atomic E-state index is -4.36. The number of nitrogens with one attached hydrogen (secondary N) is 1. The lowest BCUT2D eigenvalue weighted by molar-refractivity contribution is -0.137. The van der Waals surface area contributed by atoms with E-state index < -0.39 is 11.7 Å². The monoisotopic (exact) mass is 389 g/mol. The molecule has 0 saturated carbocycles. The minimum absolute atomic E-state index is 0.297. The smallest absolute Gasteiger partial charge is 0.305 e. The van der Waals surface area contributed by atoms with Crippen molar-refractivity contribution in [3.63, 3.8) is 0 Å². The summed E-state index contributed by atoms with van der Waals surface area (Å²) in [5.41, 5.74) is 0.367. The molecule has 0 bridgehead atoms. The summed E-state index contributed by atoms with van der Waals surface area (Å²) in [7, 11) is 0. The third-order valence-electron chi connectivity index (χ3n) is 3.56. The fourth-order valence-electron chi connectivity index (χ4n) is 2.24. The summed E-state index contributed by atoms with van der Waals surface area (Å²) in [6, 6.07) is 17.1. The summed E-state index contributed by atoms with van der Waals surface area (Å²) < 4.78 is 38.2. The number of alkyl halides is 3. The van der Waals surface area contributed by atoms with Crippen LogP contribution in [-0.2, 0) is 11.9 Å². The van der Waals surface area contributed by atoms with Crippen LogP contribution in [0.5, 0.6) is 0 Å². The number of carbonyl (C=O) groups excluding carboxylic acids is 1. The van der Waals surface area contributed by atoms with E-state index in [1.165, 1.54) is 17.8 Å². The van der Waals surface area contributed by atoms with Crippen molar-refractivity contribution in [3.05, 3.63) is 83.4 Å². The molecular formula is C19H14F3N3OS. The van der Waals surface area contributed by atoms with Crippen molar-refractivity contribution >= 4 is 23.5 Å². The SMILES string of the molecule is O=C(Nc1ccc(SCc2cccc(C(F)(F)F)c2)nn1)c1ccccc1. The Labute approximate surface area is 157 Å². The number of halogens is 3. The highest BCUT2D eigenvalue weighted by Crippen LogP contribution is 2.31. The Bertz CT molecular complexity index is 915. The average molecular weight is 389 g/mol. The second kappa shape index (κ2) is 8.22. The summed E-state index contributed by atoms with van der Waals surface area (Å²) in [6.07, 6.45) is -4.36. The van der Waals surface area contributed by atoms with Crippen molar-refractivity contribution < 1.29 is 18.0 Å². The first-order chi connectivity index (χ1) is 12.9. The highest BCUT2D eigenvalue weighted by Gasteiger charge is 2.30. The normalized spacial score (nSPS) is 11.2. The third kappa shape index (κ3) is 5.30. The van der Waals surface area contributed by atoms with E-state index in [4.69, 9.17) is 0 Å². The van der Waals surface area contributed by atoms with E-state index in [0.717, 1.165) is 12.1 Å². The fraction of sp³-hybridized carbons (Fsp3) is 0.105. The van der Waals surface area contributed by atoms with E-state index in [1.807, 2.05) is 6.07 Å². The van der Waals surface area contributed by atoms with Crippen molar-refractivity contribution in [1.29, 1.82) is 0 Å². The fourth-order valence-corrected chi connectivity index (χ4v) is 2.99. The van der Waals surface area contributed by atoms with E-state index in [0.29, 0.717) is 27.7 Å². The average Bonchev–Trinajstić information content (AvgIpc) is 2.68. The molecular weight excluding hydrogens is 375 g/mol. The molecule has 0 saturated heterocycles. The highest BCUT2D eigenvalue weighted by atomic mass is 32.2. The second-order valence-corrected chi connectivity index (χ2v) is 6.56. The number of hydrogen-bond donors (Lipinski definition) is 1. The highest BCUT2D eigenvalue weighted by molar-refractivity contribution is 7.98. The van der Waals surface area contributed by atoms with Gasteiger partial charge >= 0.3 is 6.18 Å². The number of amides is 1. The molecule has 0 unspecified atom stereocenters. The summed E-state index contributed by atoms with van der Waals surface area (Å²) in [4.78, 5) is 12.0. The first-order valence-electron chi connectivity index (χ1n) is 7.91. The van der Waals surface area contributed by atoms with E-state index in [1.54, 1.807) is 42.5 Å². The molecule has 0 aliphatic heterocycles. The molecule has 1 aromatic heterocycles. The molecule has 1 heterocycles. The Morgan fingerprint density at radius 3 is 2.41 bits per heavy atom. The molecule has 2 aromatic carbocycles. The van der Waals surface area contributed by atoms with E-state index in [9.17, 15) is 18.0 Å². The number of benzene rings is 2. The Morgan fingerprint density at radius 1 is 0.963 bits per heavy atom. The van der Waals surface area contributed by atoms with Crippen LogP contribution in [0.1, 0.15) is 21.5 Å². The van der Waals surface area contributed by atoms with Crippen LogP contribution in [0.15, 0.2) is 71.8 Å². The Balaban J connectivity index is 1.59. The molecule has 0 aliphatic rings. The number of rotatable bonds is 5. The van der Waals surface area contributed by atoms with Crippen molar-refractivity contribution in [1.82, 2.24) is 10.2 Å². The lowest BCUT2D eigenvalue weighted by Crippen LogP contribution is -2.13. The Hall–Kier alpha value is -2.87. The van der Waals surface area contributed by atoms with Gasteiger partial charge in [0.1, 0.15) is 5.03 Å². The zero-order valence-corrected chi connectivity index (χ0v) is 14.7. The molecule has 3 rings (SSSR count). The molecule has 27 heavy (non-hydrogen) atoms. The van der Waals surface area contributed by atoms with Crippen LogP contribution in [-0.4, -0.2) is 16.1 Å². The van der Waals surface area contributed by atoms with E-state index in [2.05, 4.69) is 15.5 Å². The van der Waals surface area contributed by atoms with E-state index in [-0.39, 0.29) is 5.91 Å². The number of thioether (sulfide) groups is 1. The molecule has 0 radical (unpaired) electrons. The van der Waals surface area contributed by atoms with Gasteiger partial charge in [-0.05, 0) is 35.9 Å². The molecule has 0 spiro atoms. The quantitative estimate of drug-likeness (QED) is 0.621. The van der Waals surface area contributed by atoms with Crippen molar-refractivity contribution in [2.75, 3.05) is 5.32 Å². The van der Waals surface area contributed by atoms with Crippen LogP contribution in [0.3, 0.4) is 0 Å². The predicted molar refractivity (Wildman–Crippen MR) is 97.4 cm³/mol. The number of anilines is 1. The standard InChI is InChI=1S/C19H14F3N3OS/c20-19(21,22)15-8-4-5-13(11-15)12-27-17-10-9-16(24-25-17)23-18(26)14-6-2-1-3-7-14/h1-11H,12H2,(H,23,24,26). The van der Waals surface area contributed by atoms with Crippen LogP contribution >= 0.6 is 11.8 Å². The maximum atomic E-state index is 12.7. The molecule has 0 aliphatic carbocycles. The van der Waals surface area contributed by atoms with Gasteiger partial charge in [0.05, 0.1) is 5.56 Å². The van der Waals surface area contributed by atoms with E-state index >= 15 is 0 Å². The first-order valence-corrected chi connectivity index (χ1v) is 8.89. The van der Waals surface area contributed by atoms with Gasteiger partial charge in [-0.2, -0.15) is 13.2 Å². The molecule has 0 fully saturated rings. The maximum absolute atomic E-state index is 12.7. The van der Waals surface area contributed by atoms with Gasteiger partial charge < -0.3 is 5.32 Å². The molecule has 138 valence electrons. The van der Waals surface area contributed by atoms with Gasteiger partial charge in [0, 0.05) is 11.3 Å². The number of hydrogen-bond acceptors (Lipinski definition) is 4. The van der Waals surface area contributed by atoms with Crippen LogP contribution < -0.4 is 5.32 Å². The lowest BCUT2D eigenvalue weighted by Gasteiger charge is -2.08. The van der Waals surface area contributed by atoms with Gasteiger partial charge in [0.25, 0.3) is 5.91 Å². The predicted octanol–water partition coefficient (Wildman–Crippen LogP) is 5.04. The minimum Gasteiger partial charge on any atom is -0.305 e. The maximum Gasteiger partial charge on any atom is 0.416 e. The van der Waals surface area contributed by atoms with Gasteiger partial charge in [0.15, 0.2) is 5.82 Å². The summed E-state index contributed by atoms with van der Waals surface area (Å²) >= 11 is 1.26. The zero-order valence-electron chi connectivity index (χ0n) is 13.9. The molecule has 1 amide bonds. The molecule has 4 nitrogen and oxygen atoms in total. The topological polar surface area (TPSA) is 54.9 Å². The third-order valence-corrected chi connectivity index (χ3v) is 4.55.